The molecule has 2 N–H and O–H groups in total. The minimum Gasteiger partial charge on any atom is -0.349 e. The van der Waals surface area contributed by atoms with Crippen molar-refractivity contribution in [2.24, 2.45) is 5.92 Å². The van der Waals surface area contributed by atoms with Crippen molar-refractivity contribution in [3.05, 3.63) is 40.1 Å². The summed E-state index contributed by atoms with van der Waals surface area (Å²) in [7, 11) is 0. The molecule has 0 spiro atoms. The molecule has 1 heterocycles. The number of amides is 2. The molecule has 0 saturated heterocycles. The molecule has 0 unspecified atom stereocenters. The molecule has 22 heavy (non-hydrogen) atoms. The van der Waals surface area contributed by atoms with Gasteiger partial charge in [-0.05, 0) is 18.2 Å². The van der Waals surface area contributed by atoms with Gasteiger partial charge in [0, 0.05) is 11.6 Å². The van der Waals surface area contributed by atoms with Crippen LogP contribution in [-0.4, -0.2) is 22.0 Å². The topological polar surface area (TPSA) is 84.0 Å². The van der Waals surface area contributed by atoms with E-state index in [-0.39, 0.29) is 23.4 Å². The van der Waals surface area contributed by atoms with Crippen molar-refractivity contribution < 1.29 is 14.0 Å². The monoisotopic (exact) mass is 322 g/mol. The smallest absolute Gasteiger partial charge is 0.286 e. The summed E-state index contributed by atoms with van der Waals surface area (Å²) >= 11 is 1.08. The van der Waals surface area contributed by atoms with E-state index in [4.69, 9.17) is 0 Å². The quantitative estimate of drug-likeness (QED) is 0.884. The summed E-state index contributed by atoms with van der Waals surface area (Å²) in [6.07, 6.45) is 0. The fourth-order valence-electron chi connectivity index (χ4n) is 1.53. The molecule has 0 radical (unpaired) electrons. The largest absolute Gasteiger partial charge is 0.349 e. The summed E-state index contributed by atoms with van der Waals surface area (Å²) in [6.45, 7) is 3.79. The first kappa shape index (κ1) is 16.0. The minimum atomic E-state index is -0.468. The number of carbonyl (C=O) groups excluding carboxylic acids is 2. The first-order chi connectivity index (χ1) is 10.5. The lowest BCUT2D eigenvalue weighted by molar-refractivity contribution is -0.124. The van der Waals surface area contributed by atoms with Gasteiger partial charge in [-0.2, -0.15) is 0 Å². The van der Waals surface area contributed by atoms with Gasteiger partial charge >= 0.3 is 0 Å². The lowest BCUT2D eigenvalue weighted by Gasteiger charge is -2.04. The van der Waals surface area contributed by atoms with Crippen molar-refractivity contribution in [2.75, 3.05) is 5.32 Å². The van der Waals surface area contributed by atoms with Gasteiger partial charge in [0.05, 0.1) is 6.54 Å². The van der Waals surface area contributed by atoms with Gasteiger partial charge in [-0.3, -0.25) is 9.59 Å². The van der Waals surface area contributed by atoms with Crippen LogP contribution in [-0.2, 0) is 11.3 Å². The van der Waals surface area contributed by atoms with Gasteiger partial charge in [0.2, 0.25) is 10.9 Å². The standard InChI is InChI=1S/C14H15FN4O2S/c1-8(2)12(20)16-7-11-18-19-14(22-11)13(21)17-10-5-3-4-9(15)6-10/h3-6,8H,7H2,1-2H3,(H,16,20)(H,17,21). The van der Waals surface area contributed by atoms with E-state index < -0.39 is 11.7 Å². The van der Waals surface area contributed by atoms with Crippen molar-refractivity contribution >= 4 is 28.8 Å². The predicted octanol–water partition coefficient (Wildman–Crippen LogP) is 2.20. The van der Waals surface area contributed by atoms with Crippen LogP contribution in [0.15, 0.2) is 24.3 Å². The van der Waals surface area contributed by atoms with Gasteiger partial charge in [-0.15, -0.1) is 10.2 Å². The summed E-state index contributed by atoms with van der Waals surface area (Å²) < 4.78 is 13.0. The predicted molar refractivity (Wildman–Crippen MR) is 80.9 cm³/mol. The average molecular weight is 322 g/mol. The highest BCUT2D eigenvalue weighted by Crippen LogP contribution is 2.14. The van der Waals surface area contributed by atoms with Crippen molar-refractivity contribution in [2.45, 2.75) is 20.4 Å². The van der Waals surface area contributed by atoms with Crippen LogP contribution in [0.2, 0.25) is 0 Å². The maximum atomic E-state index is 13.0. The van der Waals surface area contributed by atoms with Crippen LogP contribution in [0.25, 0.3) is 0 Å². The summed E-state index contributed by atoms with van der Waals surface area (Å²) in [5, 5.41) is 13.5. The van der Waals surface area contributed by atoms with Crippen molar-refractivity contribution in [1.29, 1.82) is 0 Å². The third-order valence-corrected chi connectivity index (χ3v) is 3.60. The minimum absolute atomic E-state index is 0.0963. The molecule has 0 bridgehead atoms. The maximum Gasteiger partial charge on any atom is 0.286 e. The number of rotatable bonds is 5. The van der Waals surface area contributed by atoms with Crippen LogP contribution >= 0.6 is 11.3 Å². The molecule has 1 aromatic heterocycles. The molecule has 0 atom stereocenters. The molecular weight excluding hydrogens is 307 g/mol. The van der Waals surface area contributed by atoms with E-state index in [1.807, 2.05) is 0 Å². The highest BCUT2D eigenvalue weighted by molar-refractivity contribution is 7.13. The number of hydrogen-bond donors (Lipinski definition) is 2. The number of nitrogens with one attached hydrogen (secondary N) is 2. The zero-order valence-electron chi connectivity index (χ0n) is 12.1. The molecule has 6 nitrogen and oxygen atoms in total. The molecule has 2 amide bonds. The molecule has 2 aromatic rings. The molecule has 2 rings (SSSR count). The fourth-order valence-corrected chi connectivity index (χ4v) is 2.21. The molecular formula is C14H15FN4O2S. The van der Waals surface area contributed by atoms with E-state index >= 15 is 0 Å². The molecule has 1 aromatic carbocycles. The van der Waals surface area contributed by atoms with Crippen LogP contribution < -0.4 is 10.6 Å². The highest BCUT2D eigenvalue weighted by atomic mass is 32.1. The molecule has 0 aliphatic carbocycles. The van der Waals surface area contributed by atoms with Gasteiger partial charge in [0.15, 0.2) is 0 Å². The van der Waals surface area contributed by atoms with Gasteiger partial charge in [0.1, 0.15) is 10.8 Å². The normalized spacial score (nSPS) is 10.5. The molecule has 0 aliphatic rings. The number of nitrogens with zero attached hydrogens (tertiary/aromatic N) is 2. The molecule has 8 heteroatoms. The molecule has 0 aliphatic heterocycles. The maximum absolute atomic E-state index is 13.0. The molecule has 0 fully saturated rings. The lowest BCUT2D eigenvalue weighted by Crippen LogP contribution is -2.27. The van der Waals surface area contributed by atoms with Gasteiger partial charge in [-0.25, -0.2) is 4.39 Å². The van der Waals surface area contributed by atoms with Crippen molar-refractivity contribution in [1.82, 2.24) is 15.5 Å². The Labute approximate surface area is 130 Å². The number of benzene rings is 1. The Morgan fingerprint density at radius 1 is 1.32 bits per heavy atom. The molecule has 0 saturated carbocycles. The lowest BCUT2D eigenvalue weighted by atomic mass is 10.2. The van der Waals surface area contributed by atoms with Crippen LogP contribution in [0.3, 0.4) is 0 Å². The summed E-state index contributed by atoms with van der Waals surface area (Å²) in [5.74, 6) is -1.12. The van der Waals surface area contributed by atoms with Gasteiger partial charge in [0.25, 0.3) is 5.91 Å². The number of anilines is 1. The highest BCUT2D eigenvalue weighted by Gasteiger charge is 2.14. The van der Waals surface area contributed by atoms with E-state index in [1.54, 1.807) is 19.9 Å². The summed E-state index contributed by atoms with van der Waals surface area (Å²) in [4.78, 5) is 23.4. The molecule has 116 valence electrons. The zero-order chi connectivity index (χ0) is 16.1. The Morgan fingerprint density at radius 3 is 2.77 bits per heavy atom. The van der Waals surface area contributed by atoms with E-state index in [0.717, 1.165) is 11.3 Å². The Hall–Kier alpha value is -2.35. The number of hydrogen-bond acceptors (Lipinski definition) is 5. The summed E-state index contributed by atoms with van der Waals surface area (Å²) in [6, 6.07) is 5.57. The van der Waals surface area contributed by atoms with Crippen LogP contribution in [0.1, 0.15) is 28.7 Å². The van der Waals surface area contributed by atoms with Crippen molar-refractivity contribution in [3.8, 4) is 0 Å². The Kier molecular flexibility index (Phi) is 5.16. The Balaban J connectivity index is 1.96. The van der Waals surface area contributed by atoms with E-state index in [9.17, 15) is 14.0 Å². The second kappa shape index (κ2) is 7.08. The Morgan fingerprint density at radius 2 is 2.09 bits per heavy atom. The van der Waals surface area contributed by atoms with Gasteiger partial charge in [-0.1, -0.05) is 31.3 Å². The second-order valence-corrected chi connectivity index (χ2v) is 5.90. The van der Waals surface area contributed by atoms with Gasteiger partial charge < -0.3 is 10.6 Å². The van der Waals surface area contributed by atoms with E-state index in [0.29, 0.717) is 10.7 Å². The third kappa shape index (κ3) is 4.32. The average Bonchev–Trinajstić information content (AvgIpc) is 2.93. The van der Waals surface area contributed by atoms with E-state index in [2.05, 4.69) is 20.8 Å². The Bertz CT molecular complexity index is 687. The second-order valence-electron chi connectivity index (χ2n) is 4.84. The van der Waals surface area contributed by atoms with Crippen LogP contribution in [0.4, 0.5) is 10.1 Å². The van der Waals surface area contributed by atoms with E-state index in [1.165, 1.54) is 18.2 Å². The number of aromatic nitrogens is 2. The first-order valence-electron chi connectivity index (χ1n) is 6.62. The number of halogens is 1. The van der Waals surface area contributed by atoms with Crippen LogP contribution in [0, 0.1) is 11.7 Å². The van der Waals surface area contributed by atoms with Crippen molar-refractivity contribution in [3.63, 3.8) is 0 Å². The third-order valence-electron chi connectivity index (χ3n) is 2.68. The SMILES string of the molecule is CC(C)C(=O)NCc1nnc(C(=O)Nc2cccc(F)c2)s1. The zero-order valence-corrected chi connectivity index (χ0v) is 12.9. The first-order valence-corrected chi connectivity index (χ1v) is 7.44. The summed E-state index contributed by atoms with van der Waals surface area (Å²) in [5.41, 5.74) is 0.342. The number of carbonyl (C=O) groups is 2. The fraction of sp³-hybridized carbons (Fsp3) is 0.286. The van der Waals surface area contributed by atoms with Crippen LogP contribution in [0.5, 0.6) is 0 Å².